The quantitative estimate of drug-likeness (QED) is 0.715. The topological polar surface area (TPSA) is 48.2 Å². The number of hydrogen-bond donors (Lipinski definition) is 2. The van der Waals surface area contributed by atoms with Crippen LogP contribution in [0.4, 0.5) is 8.78 Å². The van der Waals surface area contributed by atoms with Crippen molar-refractivity contribution in [3.63, 3.8) is 0 Å². The van der Waals surface area contributed by atoms with E-state index in [2.05, 4.69) is 17.4 Å². The maximum absolute atomic E-state index is 12.7. The molecule has 0 aromatic carbocycles. The van der Waals surface area contributed by atoms with E-state index in [1.807, 2.05) is 0 Å². The Labute approximate surface area is 93.8 Å². The predicted octanol–water partition coefficient (Wildman–Crippen LogP) is 3.44. The van der Waals surface area contributed by atoms with Crippen LogP contribution in [-0.2, 0) is 0 Å². The largest absolute Gasteiger partial charge is 0.384 e. The standard InChI is InChI=1S/C11H17F2N3/c1-7-2-3-9(10(4-7)16-14)15-8-5-11(12,13)6-8/h7-8,14-15H,2-6H2,1H3. The van der Waals surface area contributed by atoms with Crippen LogP contribution in [0.15, 0.2) is 16.5 Å². The lowest BCUT2D eigenvalue weighted by atomic mass is 9.86. The van der Waals surface area contributed by atoms with Crippen molar-refractivity contribution < 1.29 is 8.78 Å². The van der Waals surface area contributed by atoms with E-state index in [1.54, 1.807) is 0 Å². The molecule has 0 bridgehead atoms. The van der Waals surface area contributed by atoms with Crippen LogP contribution >= 0.6 is 0 Å². The fourth-order valence-electron chi connectivity index (χ4n) is 2.37. The molecule has 1 atom stereocenters. The molecule has 0 aromatic heterocycles. The molecule has 1 unspecified atom stereocenters. The van der Waals surface area contributed by atoms with Crippen molar-refractivity contribution in [1.29, 1.82) is 5.53 Å². The van der Waals surface area contributed by atoms with Gasteiger partial charge >= 0.3 is 0 Å². The second kappa shape index (κ2) is 4.11. The molecule has 0 radical (unpaired) electrons. The molecule has 0 saturated heterocycles. The second-order valence-corrected chi connectivity index (χ2v) is 4.99. The lowest BCUT2D eigenvalue weighted by molar-refractivity contribution is -0.0908. The third-order valence-electron chi connectivity index (χ3n) is 3.38. The summed E-state index contributed by atoms with van der Waals surface area (Å²) in [6.45, 7) is 2.12. The van der Waals surface area contributed by atoms with E-state index in [0.717, 1.165) is 30.7 Å². The number of rotatable bonds is 3. The summed E-state index contributed by atoms with van der Waals surface area (Å²) >= 11 is 0. The molecule has 2 rings (SSSR count). The summed E-state index contributed by atoms with van der Waals surface area (Å²) < 4.78 is 25.3. The van der Waals surface area contributed by atoms with Crippen LogP contribution in [0.3, 0.4) is 0 Å². The van der Waals surface area contributed by atoms with Crippen molar-refractivity contribution in [3.8, 4) is 0 Å². The molecule has 0 aliphatic heterocycles. The van der Waals surface area contributed by atoms with Crippen LogP contribution in [0, 0.1) is 11.4 Å². The molecule has 0 spiro atoms. The Morgan fingerprint density at radius 2 is 2.12 bits per heavy atom. The smallest absolute Gasteiger partial charge is 0.252 e. The van der Waals surface area contributed by atoms with Crippen molar-refractivity contribution in [2.24, 2.45) is 11.0 Å². The summed E-state index contributed by atoms with van der Waals surface area (Å²) in [6.07, 6.45) is 2.50. The van der Waals surface area contributed by atoms with Gasteiger partial charge in [-0.1, -0.05) is 6.92 Å². The molecule has 0 amide bonds. The van der Waals surface area contributed by atoms with E-state index in [-0.39, 0.29) is 18.9 Å². The highest BCUT2D eigenvalue weighted by Crippen LogP contribution is 2.39. The Kier molecular flexibility index (Phi) is 2.95. The molecular weight excluding hydrogens is 212 g/mol. The van der Waals surface area contributed by atoms with Crippen LogP contribution in [0.25, 0.3) is 0 Å². The van der Waals surface area contributed by atoms with E-state index < -0.39 is 5.92 Å². The number of nitrogens with zero attached hydrogens (tertiary/aromatic N) is 1. The third kappa shape index (κ3) is 2.39. The van der Waals surface area contributed by atoms with Crippen molar-refractivity contribution in [2.45, 2.75) is 51.0 Å². The molecule has 2 aliphatic carbocycles. The minimum atomic E-state index is -2.49. The predicted molar refractivity (Wildman–Crippen MR) is 56.3 cm³/mol. The Morgan fingerprint density at radius 3 is 2.69 bits per heavy atom. The van der Waals surface area contributed by atoms with Gasteiger partial charge in [-0.05, 0) is 25.2 Å². The van der Waals surface area contributed by atoms with E-state index in [4.69, 9.17) is 5.53 Å². The number of hydrogen-bond acceptors (Lipinski definition) is 3. The highest BCUT2D eigenvalue weighted by Gasteiger charge is 2.45. The zero-order chi connectivity index (χ0) is 11.8. The highest BCUT2D eigenvalue weighted by atomic mass is 19.3. The van der Waals surface area contributed by atoms with Crippen LogP contribution in [0.1, 0.15) is 39.0 Å². The van der Waals surface area contributed by atoms with Gasteiger partial charge in [-0.15, -0.1) is 0 Å². The molecule has 2 aliphatic rings. The maximum Gasteiger partial charge on any atom is 0.252 e. The maximum atomic E-state index is 12.7. The first kappa shape index (κ1) is 11.5. The van der Waals surface area contributed by atoms with E-state index in [9.17, 15) is 8.78 Å². The first-order chi connectivity index (χ1) is 7.50. The van der Waals surface area contributed by atoms with Gasteiger partial charge in [-0.25, -0.2) is 14.3 Å². The van der Waals surface area contributed by atoms with Gasteiger partial charge in [-0.3, -0.25) is 0 Å². The average Bonchev–Trinajstić information content (AvgIpc) is 2.18. The first-order valence-corrected chi connectivity index (χ1v) is 5.74. The van der Waals surface area contributed by atoms with Crippen molar-refractivity contribution in [3.05, 3.63) is 11.4 Å². The molecule has 3 nitrogen and oxygen atoms in total. The lowest BCUT2D eigenvalue weighted by Crippen LogP contribution is -2.48. The minimum absolute atomic E-state index is 0.0860. The van der Waals surface area contributed by atoms with E-state index >= 15 is 0 Å². The normalized spacial score (nSPS) is 29.8. The molecule has 2 N–H and O–H groups in total. The number of halogens is 2. The van der Waals surface area contributed by atoms with Crippen LogP contribution in [-0.4, -0.2) is 12.0 Å². The molecule has 90 valence electrons. The first-order valence-electron chi connectivity index (χ1n) is 5.74. The van der Waals surface area contributed by atoms with Crippen LogP contribution in [0.5, 0.6) is 0 Å². The third-order valence-corrected chi connectivity index (χ3v) is 3.38. The van der Waals surface area contributed by atoms with Gasteiger partial charge in [0.2, 0.25) is 0 Å². The molecule has 0 heterocycles. The number of alkyl halides is 2. The van der Waals surface area contributed by atoms with Crippen molar-refractivity contribution >= 4 is 0 Å². The summed E-state index contributed by atoms with van der Waals surface area (Å²) in [7, 11) is 0. The second-order valence-electron chi connectivity index (χ2n) is 4.99. The highest BCUT2D eigenvalue weighted by molar-refractivity contribution is 5.16. The SMILES string of the molecule is CC1CCC(NC2CC(F)(F)C2)=C(N=N)C1. The Balaban J connectivity index is 1.95. The Bertz CT molecular complexity index is 317. The Morgan fingerprint density at radius 1 is 1.44 bits per heavy atom. The van der Waals surface area contributed by atoms with Crippen LogP contribution in [0.2, 0.25) is 0 Å². The summed E-state index contributed by atoms with van der Waals surface area (Å²) in [5.41, 5.74) is 8.75. The lowest BCUT2D eigenvalue weighted by Gasteiger charge is -2.37. The number of nitrogens with one attached hydrogen (secondary N) is 2. The molecule has 5 heteroatoms. The van der Waals surface area contributed by atoms with Gasteiger partial charge < -0.3 is 5.32 Å². The van der Waals surface area contributed by atoms with E-state index in [0.29, 0.717) is 5.92 Å². The number of allylic oxidation sites excluding steroid dienone is 2. The minimum Gasteiger partial charge on any atom is -0.384 e. The van der Waals surface area contributed by atoms with Gasteiger partial charge in [-0.2, -0.15) is 5.11 Å². The Hall–Kier alpha value is -1.00. The fourth-order valence-corrected chi connectivity index (χ4v) is 2.37. The summed E-state index contributed by atoms with van der Waals surface area (Å²) in [5, 5.41) is 6.63. The van der Waals surface area contributed by atoms with Gasteiger partial charge in [0, 0.05) is 24.6 Å². The summed E-state index contributed by atoms with van der Waals surface area (Å²) in [6, 6.07) is -0.129. The summed E-state index contributed by atoms with van der Waals surface area (Å²) in [4.78, 5) is 0. The van der Waals surface area contributed by atoms with Gasteiger partial charge in [0.1, 0.15) is 0 Å². The van der Waals surface area contributed by atoms with Crippen LogP contribution < -0.4 is 5.32 Å². The van der Waals surface area contributed by atoms with Gasteiger partial charge in [0.15, 0.2) is 0 Å². The monoisotopic (exact) mass is 229 g/mol. The fraction of sp³-hybridized carbons (Fsp3) is 0.818. The van der Waals surface area contributed by atoms with E-state index in [1.165, 1.54) is 0 Å². The molecule has 1 saturated carbocycles. The zero-order valence-electron chi connectivity index (χ0n) is 9.39. The van der Waals surface area contributed by atoms with Gasteiger partial charge in [0.05, 0.1) is 5.70 Å². The molecule has 1 fully saturated rings. The van der Waals surface area contributed by atoms with Crippen molar-refractivity contribution in [2.75, 3.05) is 0 Å². The average molecular weight is 229 g/mol. The molecule has 0 aromatic rings. The summed E-state index contributed by atoms with van der Waals surface area (Å²) in [5.74, 6) is -1.95. The van der Waals surface area contributed by atoms with Crippen molar-refractivity contribution in [1.82, 2.24) is 5.32 Å². The zero-order valence-corrected chi connectivity index (χ0v) is 9.39. The van der Waals surface area contributed by atoms with Gasteiger partial charge in [0.25, 0.3) is 5.92 Å². The molecule has 16 heavy (non-hydrogen) atoms. The molecular formula is C11H17F2N3.